The van der Waals surface area contributed by atoms with Crippen LogP contribution in [0.15, 0.2) is 42.5 Å². The van der Waals surface area contributed by atoms with Crippen molar-refractivity contribution in [2.24, 2.45) is 17.6 Å². The molecule has 2 bridgehead atoms. The van der Waals surface area contributed by atoms with Gasteiger partial charge in [-0.25, -0.2) is 4.79 Å². The van der Waals surface area contributed by atoms with Crippen molar-refractivity contribution < 1.29 is 14.3 Å². The Balaban J connectivity index is 1.19. The highest BCUT2D eigenvalue weighted by Crippen LogP contribution is 2.45. The van der Waals surface area contributed by atoms with Crippen LogP contribution in [0.2, 0.25) is 0 Å². The number of para-hydroxylation sites is 1. The fraction of sp³-hybridized carbons (Fsp3) is 0.500. The van der Waals surface area contributed by atoms with Gasteiger partial charge in [0.15, 0.2) is 0 Å². The minimum Gasteiger partial charge on any atom is -0.494 e. The van der Waals surface area contributed by atoms with Crippen LogP contribution in [0.5, 0.6) is 5.75 Å². The molecule has 3 amide bonds. The number of fused-ring (bicyclic) bond motifs is 4. The lowest BCUT2D eigenvalue weighted by atomic mass is 10.0. The molecule has 0 unspecified atom stereocenters. The van der Waals surface area contributed by atoms with Crippen LogP contribution in [0.1, 0.15) is 41.6 Å². The number of hydrogen-bond donors (Lipinski definition) is 2. The summed E-state index contributed by atoms with van der Waals surface area (Å²) in [6.07, 6.45) is 4.62. The molecule has 10 heteroatoms. The van der Waals surface area contributed by atoms with E-state index in [0.717, 1.165) is 43.0 Å². The lowest BCUT2D eigenvalue weighted by Gasteiger charge is -2.34. The van der Waals surface area contributed by atoms with Crippen LogP contribution in [-0.2, 0) is 13.1 Å². The number of hydrazine groups is 1. The summed E-state index contributed by atoms with van der Waals surface area (Å²) in [7, 11) is 1.68. The van der Waals surface area contributed by atoms with Crippen molar-refractivity contribution >= 4 is 34.3 Å². The van der Waals surface area contributed by atoms with Crippen LogP contribution in [0.25, 0.3) is 10.9 Å². The number of aromatic nitrogens is 1. The number of rotatable bonds is 8. The number of urea groups is 1. The molecule has 2 saturated heterocycles. The number of ether oxygens (including phenoxy) is 1. The topological polar surface area (TPSA) is 99.3 Å². The molecule has 10 nitrogen and oxygen atoms in total. The average molecular weight is 570 g/mol. The van der Waals surface area contributed by atoms with Gasteiger partial charge in [-0.05, 0) is 61.8 Å². The maximum atomic E-state index is 13.9. The molecule has 8 rings (SSSR count). The van der Waals surface area contributed by atoms with Crippen molar-refractivity contribution in [3.63, 3.8) is 0 Å². The third kappa shape index (κ3) is 4.10. The van der Waals surface area contributed by atoms with E-state index in [0.29, 0.717) is 55.9 Å². The molecular weight excluding hydrogens is 530 g/mol. The summed E-state index contributed by atoms with van der Waals surface area (Å²) < 4.78 is 8.45. The second-order valence-electron chi connectivity index (χ2n) is 12.6. The number of carbonyl (C=O) groups is 2. The fourth-order valence-electron chi connectivity index (χ4n) is 7.71. The average Bonchev–Trinajstić information content (AvgIpc) is 3.27. The Morgan fingerprint density at radius 1 is 1.10 bits per heavy atom. The summed E-state index contributed by atoms with van der Waals surface area (Å²) in [5.41, 5.74) is 10.4. The molecule has 4 fully saturated rings. The highest BCUT2D eigenvalue weighted by atomic mass is 16.5. The van der Waals surface area contributed by atoms with Crippen LogP contribution < -0.4 is 25.8 Å². The first-order valence-corrected chi connectivity index (χ1v) is 15.4. The standard InChI is InChI=1S/C32H39N7O3/c1-42-27-15-23(31(40)37-18-22-8-9-26(37)29(22)33)14-24-19-39(38(30(24)27)13-12-35-11-10-34-32(35)41)28-16-21-4-2-3-5-25(21)36(28)17-20-6-7-20/h2-5,14-16,20,22,26,29H,6-13,17-19,33H2,1H3,(H,34,41)/t22-,26-,29-/m1/s1. The Kier molecular flexibility index (Phi) is 6.03. The molecule has 2 saturated carbocycles. The summed E-state index contributed by atoms with van der Waals surface area (Å²) in [5, 5.41) is 8.72. The number of nitrogens with two attached hydrogens (primary N) is 1. The molecule has 42 heavy (non-hydrogen) atoms. The van der Waals surface area contributed by atoms with Gasteiger partial charge in [0, 0.05) is 66.8 Å². The molecule has 2 aliphatic carbocycles. The van der Waals surface area contributed by atoms with Gasteiger partial charge in [0.2, 0.25) is 0 Å². The van der Waals surface area contributed by atoms with E-state index in [1.807, 2.05) is 15.9 Å². The third-order valence-corrected chi connectivity index (χ3v) is 10.1. The van der Waals surface area contributed by atoms with Crippen molar-refractivity contribution in [1.82, 2.24) is 19.7 Å². The molecule has 0 radical (unpaired) electrons. The van der Waals surface area contributed by atoms with E-state index >= 15 is 0 Å². The van der Waals surface area contributed by atoms with Gasteiger partial charge >= 0.3 is 6.03 Å². The maximum absolute atomic E-state index is 13.9. The molecule has 4 heterocycles. The quantitative estimate of drug-likeness (QED) is 0.432. The smallest absolute Gasteiger partial charge is 0.317 e. The predicted octanol–water partition coefficient (Wildman–Crippen LogP) is 3.39. The highest BCUT2D eigenvalue weighted by molar-refractivity contribution is 5.97. The maximum Gasteiger partial charge on any atom is 0.317 e. The van der Waals surface area contributed by atoms with Gasteiger partial charge in [-0.1, -0.05) is 18.2 Å². The number of nitrogens with zero attached hydrogens (tertiary/aromatic N) is 5. The van der Waals surface area contributed by atoms with Crippen LogP contribution in [0.3, 0.4) is 0 Å². The van der Waals surface area contributed by atoms with Gasteiger partial charge in [0.25, 0.3) is 5.91 Å². The summed E-state index contributed by atoms with van der Waals surface area (Å²) in [5.74, 6) is 2.95. The van der Waals surface area contributed by atoms with E-state index in [1.165, 1.54) is 23.7 Å². The highest BCUT2D eigenvalue weighted by Gasteiger charge is 2.47. The minimum absolute atomic E-state index is 0.0187. The van der Waals surface area contributed by atoms with E-state index in [9.17, 15) is 9.59 Å². The number of benzene rings is 2. The predicted molar refractivity (Wildman–Crippen MR) is 162 cm³/mol. The molecule has 3 N–H and O–H groups in total. The molecule has 0 spiro atoms. The SMILES string of the molecule is COc1cc(C(=O)N2C[C@H]3CC[C@@H]2[C@@H]3N)cc2c1N(CCN1CCNC1=O)N(c1cc3ccccc3n1CC1CC1)C2. The van der Waals surface area contributed by atoms with Crippen LogP contribution in [0, 0.1) is 11.8 Å². The van der Waals surface area contributed by atoms with Crippen LogP contribution in [-0.4, -0.2) is 78.2 Å². The summed E-state index contributed by atoms with van der Waals surface area (Å²) in [6.45, 7) is 4.91. The second kappa shape index (κ2) is 9.83. The Morgan fingerprint density at radius 2 is 1.95 bits per heavy atom. The number of likely N-dealkylation sites (tertiary alicyclic amines) is 1. The largest absolute Gasteiger partial charge is 0.494 e. The number of methoxy groups -OCH3 is 1. The number of nitrogens with one attached hydrogen (secondary N) is 1. The number of carbonyl (C=O) groups excluding carboxylic acids is 2. The Morgan fingerprint density at radius 3 is 2.67 bits per heavy atom. The van der Waals surface area contributed by atoms with E-state index in [-0.39, 0.29) is 24.0 Å². The van der Waals surface area contributed by atoms with E-state index in [4.69, 9.17) is 10.5 Å². The van der Waals surface area contributed by atoms with Crippen molar-refractivity contribution in [1.29, 1.82) is 0 Å². The molecule has 3 atom stereocenters. The third-order valence-electron chi connectivity index (χ3n) is 10.1. The summed E-state index contributed by atoms with van der Waals surface area (Å²) >= 11 is 0. The monoisotopic (exact) mass is 569 g/mol. The van der Waals surface area contributed by atoms with Crippen LogP contribution in [0.4, 0.5) is 16.3 Å². The Hall–Kier alpha value is -3.92. The normalized spacial score (nSPS) is 24.7. The van der Waals surface area contributed by atoms with Gasteiger partial charge in [-0.3, -0.25) is 14.8 Å². The van der Waals surface area contributed by atoms with Gasteiger partial charge in [-0.2, -0.15) is 0 Å². The fourth-order valence-corrected chi connectivity index (χ4v) is 7.71. The lowest BCUT2D eigenvalue weighted by Crippen LogP contribution is -2.44. The minimum atomic E-state index is -0.0187. The molecule has 3 aliphatic heterocycles. The Bertz CT molecular complexity index is 1560. The zero-order valence-corrected chi connectivity index (χ0v) is 24.2. The number of hydrogen-bond acceptors (Lipinski definition) is 6. The Labute approximate surface area is 245 Å². The molecular formula is C32H39N7O3. The van der Waals surface area contributed by atoms with E-state index in [2.05, 4.69) is 56.3 Å². The van der Waals surface area contributed by atoms with Crippen molar-refractivity contribution in [3.8, 4) is 5.75 Å². The summed E-state index contributed by atoms with van der Waals surface area (Å²) in [6, 6.07) is 15.0. The van der Waals surface area contributed by atoms with Gasteiger partial charge in [0.1, 0.15) is 17.3 Å². The molecule has 1 aromatic heterocycles. The first-order chi connectivity index (χ1) is 20.5. The van der Waals surface area contributed by atoms with Gasteiger partial charge in [-0.15, -0.1) is 0 Å². The molecule has 220 valence electrons. The van der Waals surface area contributed by atoms with E-state index in [1.54, 1.807) is 7.11 Å². The molecule has 5 aliphatic rings. The first kappa shape index (κ1) is 25.8. The zero-order valence-electron chi connectivity index (χ0n) is 24.2. The molecule has 3 aromatic rings. The van der Waals surface area contributed by atoms with Crippen molar-refractivity contribution in [2.75, 3.05) is 49.9 Å². The lowest BCUT2D eigenvalue weighted by molar-refractivity contribution is 0.0700. The first-order valence-electron chi connectivity index (χ1n) is 15.4. The van der Waals surface area contributed by atoms with Crippen molar-refractivity contribution in [2.45, 2.75) is 50.9 Å². The van der Waals surface area contributed by atoms with Gasteiger partial charge < -0.3 is 30.2 Å². The zero-order chi connectivity index (χ0) is 28.5. The number of amides is 3. The van der Waals surface area contributed by atoms with E-state index < -0.39 is 0 Å². The molecule has 2 aromatic carbocycles. The second-order valence-corrected chi connectivity index (χ2v) is 12.6. The summed E-state index contributed by atoms with van der Waals surface area (Å²) in [4.78, 5) is 30.1. The van der Waals surface area contributed by atoms with Crippen LogP contribution >= 0.6 is 0 Å². The number of piperidine rings is 1. The van der Waals surface area contributed by atoms with Crippen molar-refractivity contribution in [3.05, 3.63) is 53.6 Å². The van der Waals surface area contributed by atoms with Gasteiger partial charge in [0.05, 0.1) is 20.2 Å². The number of anilines is 2.